The van der Waals surface area contributed by atoms with E-state index < -0.39 is 12.1 Å². The van der Waals surface area contributed by atoms with E-state index in [0.717, 1.165) is 24.4 Å². The van der Waals surface area contributed by atoms with Crippen LogP contribution in [0.1, 0.15) is 62.4 Å². The van der Waals surface area contributed by atoms with Gasteiger partial charge in [0.25, 0.3) is 0 Å². The number of tetrazole rings is 1. The third kappa shape index (κ3) is 8.91. The molecule has 1 aliphatic rings. The van der Waals surface area contributed by atoms with E-state index in [1.807, 2.05) is 24.7 Å². The summed E-state index contributed by atoms with van der Waals surface area (Å²) in [5, 5.41) is 31.3. The number of aryl methyl sites for hydroxylation is 2. The van der Waals surface area contributed by atoms with Crippen molar-refractivity contribution in [3.05, 3.63) is 23.5 Å². The molecule has 0 saturated carbocycles. The topological polar surface area (TPSA) is 162 Å². The minimum absolute atomic E-state index is 0.219. The summed E-state index contributed by atoms with van der Waals surface area (Å²) in [4.78, 5) is 25.0. The number of hydrogen-bond acceptors (Lipinski definition) is 10. The number of ether oxygens (including phenoxy) is 1. The minimum Gasteiger partial charge on any atom is -0.475 e. The number of imidazole rings is 1. The number of carboxylic acids is 1. The fourth-order valence-corrected chi connectivity index (χ4v) is 3.38. The maximum absolute atomic E-state index is 11.6. The van der Waals surface area contributed by atoms with Crippen LogP contribution in [0.3, 0.4) is 0 Å². The summed E-state index contributed by atoms with van der Waals surface area (Å²) in [7, 11) is 1.96. The highest BCUT2D eigenvalue weighted by atomic mass is 19.4. The molecule has 0 aliphatic carbocycles. The largest absolute Gasteiger partial charge is 0.490 e. The van der Waals surface area contributed by atoms with E-state index in [0.29, 0.717) is 44.8 Å². The van der Waals surface area contributed by atoms with Crippen LogP contribution in [0.25, 0.3) is 0 Å². The van der Waals surface area contributed by atoms with Gasteiger partial charge in [-0.1, -0.05) is 0 Å². The zero-order valence-corrected chi connectivity index (χ0v) is 21.3. The van der Waals surface area contributed by atoms with E-state index in [9.17, 15) is 18.0 Å². The summed E-state index contributed by atoms with van der Waals surface area (Å²) in [5.41, 5.74) is 0.582. The molecular weight excluding hydrogens is 511 g/mol. The highest BCUT2D eigenvalue weighted by molar-refractivity contribution is 5.73. The lowest BCUT2D eigenvalue weighted by Gasteiger charge is -2.20. The third-order valence-corrected chi connectivity index (χ3v) is 5.59. The molecule has 3 heterocycles. The zero-order chi connectivity index (χ0) is 28.3. The first-order chi connectivity index (χ1) is 17.9. The van der Waals surface area contributed by atoms with Crippen molar-refractivity contribution in [2.24, 2.45) is 17.3 Å². The number of aromatic nitrogens is 6. The second-order valence-corrected chi connectivity index (χ2v) is 8.28. The standard InChI is InChI=1S/C20H29N9O2.C2HF3O2/c1-5-7-10-20(24-25-20)11-12-21-18(16-14-22-15(3)28(16)4)19-23-26-27-29(19)13-8-9-17(30)31-6-2;3-2(4,5)1(6)7/h1,14,18,21H,6-13H2,2-4H3;(H,6,7). The number of halogens is 3. The lowest BCUT2D eigenvalue weighted by molar-refractivity contribution is -0.192. The third-order valence-electron chi connectivity index (χ3n) is 5.59. The summed E-state index contributed by atoms with van der Waals surface area (Å²) >= 11 is 0. The molecule has 0 spiro atoms. The first-order valence-corrected chi connectivity index (χ1v) is 11.7. The van der Waals surface area contributed by atoms with Crippen molar-refractivity contribution in [3.8, 4) is 12.3 Å². The average molecular weight is 542 g/mol. The van der Waals surface area contributed by atoms with Crippen LogP contribution in [-0.4, -0.2) is 71.8 Å². The van der Waals surface area contributed by atoms with Crippen molar-refractivity contribution in [3.63, 3.8) is 0 Å². The van der Waals surface area contributed by atoms with E-state index in [-0.39, 0.29) is 17.7 Å². The fourth-order valence-electron chi connectivity index (χ4n) is 3.38. The molecule has 0 aromatic carbocycles. The molecule has 0 fully saturated rings. The average Bonchev–Trinajstić information content (AvgIpc) is 3.34. The summed E-state index contributed by atoms with van der Waals surface area (Å²) in [6.45, 7) is 5.28. The maximum Gasteiger partial charge on any atom is 0.490 e. The molecule has 1 unspecified atom stereocenters. The quantitative estimate of drug-likeness (QED) is 0.286. The molecule has 13 nitrogen and oxygen atoms in total. The SMILES string of the molecule is C#CCCC1(CCNC(c2nnnn2CCCC(=O)OCC)c2cnc(C)n2C)N=N1.O=C(O)C(F)(F)F. The van der Waals surface area contributed by atoms with Gasteiger partial charge in [-0.15, -0.1) is 17.4 Å². The van der Waals surface area contributed by atoms with Crippen molar-refractivity contribution >= 4 is 11.9 Å². The Morgan fingerprint density at radius 1 is 1.32 bits per heavy atom. The van der Waals surface area contributed by atoms with Crippen LogP contribution in [0.5, 0.6) is 0 Å². The molecule has 0 bridgehead atoms. The Kier molecular flexibility index (Phi) is 10.9. The second-order valence-electron chi connectivity index (χ2n) is 8.28. The first kappa shape index (κ1) is 30.4. The molecule has 3 rings (SSSR count). The minimum atomic E-state index is -5.08. The highest BCUT2D eigenvalue weighted by Gasteiger charge is 2.39. The Hall–Kier alpha value is -3.87. The number of esters is 1. The van der Waals surface area contributed by atoms with Gasteiger partial charge in [-0.25, -0.2) is 14.5 Å². The van der Waals surface area contributed by atoms with E-state index >= 15 is 0 Å². The molecule has 2 aromatic rings. The molecule has 2 N–H and O–H groups in total. The molecule has 0 radical (unpaired) electrons. The number of alkyl halides is 3. The van der Waals surface area contributed by atoms with Gasteiger partial charge in [0.1, 0.15) is 11.9 Å². The molecule has 208 valence electrons. The molecule has 2 aromatic heterocycles. The lowest BCUT2D eigenvalue weighted by atomic mass is 10.0. The summed E-state index contributed by atoms with van der Waals surface area (Å²) in [5.74, 6) is 1.22. The van der Waals surface area contributed by atoms with Crippen molar-refractivity contribution in [2.45, 2.75) is 70.4 Å². The Morgan fingerprint density at radius 3 is 2.53 bits per heavy atom. The van der Waals surface area contributed by atoms with E-state index in [4.69, 9.17) is 21.1 Å². The number of carbonyl (C=O) groups excluding carboxylic acids is 1. The van der Waals surface area contributed by atoms with Crippen LogP contribution in [0.4, 0.5) is 13.2 Å². The Balaban J connectivity index is 0.000000638. The van der Waals surface area contributed by atoms with Gasteiger partial charge < -0.3 is 19.7 Å². The van der Waals surface area contributed by atoms with Gasteiger partial charge in [-0.3, -0.25) is 4.79 Å². The van der Waals surface area contributed by atoms with E-state index in [1.54, 1.807) is 11.6 Å². The van der Waals surface area contributed by atoms with Crippen molar-refractivity contribution in [1.82, 2.24) is 35.1 Å². The zero-order valence-electron chi connectivity index (χ0n) is 21.3. The van der Waals surface area contributed by atoms with Crippen molar-refractivity contribution < 1.29 is 32.6 Å². The monoisotopic (exact) mass is 541 g/mol. The summed E-state index contributed by atoms with van der Waals surface area (Å²) in [6.07, 6.45) is 5.17. The predicted octanol–water partition coefficient (Wildman–Crippen LogP) is 2.34. The number of rotatable bonds is 13. The predicted molar refractivity (Wildman–Crippen MR) is 125 cm³/mol. The molecule has 0 amide bonds. The number of carbonyl (C=O) groups is 2. The lowest BCUT2D eigenvalue weighted by Crippen LogP contribution is -2.31. The summed E-state index contributed by atoms with van der Waals surface area (Å²) in [6, 6.07) is -0.271. The van der Waals surface area contributed by atoms with Gasteiger partial charge in [0, 0.05) is 45.8 Å². The maximum atomic E-state index is 11.6. The van der Waals surface area contributed by atoms with Gasteiger partial charge >= 0.3 is 18.1 Å². The van der Waals surface area contributed by atoms with Gasteiger partial charge in [0.2, 0.25) is 0 Å². The molecule has 1 atom stereocenters. The molecule has 38 heavy (non-hydrogen) atoms. The van der Waals surface area contributed by atoms with Crippen LogP contribution in [0.2, 0.25) is 0 Å². The number of aliphatic carboxylic acids is 1. The number of hydrogen-bond donors (Lipinski definition) is 2. The smallest absolute Gasteiger partial charge is 0.475 e. The van der Waals surface area contributed by atoms with E-state index in [2.05, 4.69) is 42.0 Å². The number of terminal acetylenes is 1. The van der Waals surface area contributed by atoms with E-state index in [1.165, 1.54) is 0 Å². The molecule has 1 aliphatic heterocycles. The van der Waals surface area contributed by atoms with Gasteiger partial charge in [-0.2, -0.15) is 23.4 Å². The van der Waals surface area contributed by atoms with Crippen molar-refractivity contribution in [1.29, 1.82) is 0 Å². The van der Waals surface area contributed by atoms with Crippen LogP contribution >= 0.6 is 0 Å². The van der Waals surface area contributed by atoms with Crippen LogP contribution in [0.15, 0.2) is 16.4 Å². The second kappa shape index (κ2) is 13.6. The first-order valence-electron chi connectivity index (χ1n) is 11.7. The molecule has 16 heteroatoms. The number of nitrogens with one attached hydrogen (secondary N) is 1. The molecule has 0 saturated heterocycles. The Morgan fingerprint density at radius 2 is 2.00 bits per heavy atom. The van der Waals surface area contributed by atoms with Gasteiger partial charge in [0.05, 0.1) is 18.5 Å². The van der Waals surface area contributed by atoms with Crippen LogP contribution < -0.4 is 5.32 Å². The van der Waals surface area contributed by atoms with Gasteiger partial charge in [0.15, 0.2) is 11.5 Å². The van der Waals surface area contributed by atoms with Gasteiger partial charge in [-0.05, 0) is 30.7 Å². The Bertz CT molecular complexity index is 1150. The summed E-state index contributed by atoms with van der Waals surface area (Å²) < 4.78 is 40.5. The van der Waals surface area contributed by atoms with Crippen LogP contribution in [-0.2, 0) is 27.9 Å². The van der Waals surface area contributed by atoms with Crippen molar-refractivity contribution in [2.75, 3.05) is 13.2 Å². The fraction of sp³-hybridized carbons (Fsp3) is 0.636. The van der Waals surface area contributed by atoms with Crippen LogP contribution in [0, 0.1) is 19.3 Å². The Labute approximate surface area is 216 Å². The normalized spacial score (nSPS) is 14.2. The highest BCUT2D eigenvalue weighted by Crippen LogP contribution is 2.36. The number of carboxylic acid groups (broad SMARTS) is 1. The number of nitrogens with zero attached hydrogens (tertiary/aromatic N) is 8. The molecular formula is C22H30F3N9O4.